The lowest BCUT2D eigenvalue weighted by atomic mass is 10.0. The third kappa shape index (κ3) is 2.64. The molecule has 0 saturated heterocycles. The summed E-state index contributed by atoms with van der Waals surface area (Å²) in [5.74, 6) is 0.142. The molecule has 2 rings (SSSR count). The molecule has 1 aromatic carbocycles. The van der Waals surface area contributed by atoms with E-state index >= 15 is 0 Å². The molecule has 0 radical (unpaired) electrons. The quantitative estimate of drug-likeness (QED) is 0.815. The Morgan fingerprint density at radius 3 is 2.63 bits per heavy atom. The topological polar surface area (TPSA) is 74.2 Å². The van der Waals surface area contributed by atoms with E-state index in [1.165, 1.54) is 7.11 Å². The summed E-state index contributed by atoms with van der Waals surface area (Å²) in [6, 6.07) is 3.35. The molecular weight excluding hydrogens is 252 g/mol. The SMILES string of the molecule is COCc1ccc(C(O)C(=O)OC)c2c1OCCO2. The van der Waals surface area contributed by atoms with Crippen molar-refractivity contribution in [2.45, 2.75) is 12.7 Å². The van der Waals surface area contributed by atoms with Crippen LogP contribution in [0.15, 0.2) is 12.1 Å². The minimum Gasteiger partial charge on any atom is -0.486 e. The molecule has 1 atom stereocenters. The summed E-state index contributed by atoms with van der Waals surface area (Å²) >= 11 is 0. The summed E-state index contributed by atoms with van der Waals surface area (Å²) in [6.45, 7) is 1.14. The Labute approximate surface area is 110 Å². The summed E-state index contributed by atoms with van der Waals surface area (Å²) in [4.78, 5) is 11.4. The molecule has 0 spiro atoms. The van der Waals surface area contributed by atoms with E-state index in [-0.39, 0.29) is 0 Å². The minimum atomic E-state index is -1.39. The van der Waals surface area contributed by atoms with Crippen molar-refractivity contribution in [3.05, 3.63) is 23.3 Å². The van der Waals surface area contributed by atoms with E-state index in [4.69, 9.17) is 14.2 Å². The van der Waals surface area contributed by atoms with Gasteiger partial charge in [-0.15, -0.1) is 0 Å². The normalized spacial score (nSPS) is 14.9. The van der Waals surface area contributed by atoms with Gasteiger partial charge in [0, 0.05) is 18.2 Å². The Balaban J connectivity index is 2.43. The van der Waals surface area contributed by atoms with Gasteiger partial charge in [0.1, 0.15) is 13.2 Å². The van der Waals surface area contributed by atoms with Gasteiger partial charge in [-0.2, -0.15) is 0 Å². The molecule has 1 heterocycles. The number of carbonyl (C=O) groups is 1. The van der Waals surface area contributed by atoms with Gasteiger partial charge in [-0.3, -0.25) is 0 Å². The standard InChI is InChI=1S/C13H16O6/c1-16-7-8-3-4-9(10(14)13(15)17-2)12-11(8)18-5-6-19-12/h3-4,10,14H,5-7H2,1-2H3. The van der Waals surface area contributed by atoms with Crippen molar-refractivity contribution in [3.63, 3.8) is 0 Å². The van der Waals surface area contributed by atoms with Gasteiger partial charge in [0.2, 0.25) is 0 Å². The molecule has 19 heavy (non-hydrogen) atoms. The van der Waals surface area contributed by atoms with Crippen LogP contribution in [0.4, 0.5) is 0 Å². The summed E-state index contributed by atoms with van der Waals surface area (Å²) in [7, 11) is 2.79. The molecule has 0 saturated carbocycles. The molecule has 0 amide bonds. The molecule has 1 aliphatic heterocycles. The predicted molar refractivity (Wildman–Crippen MR) is 65.1 cm³/mol. The molecule has 0 bridgehead atoms. The number of methoxy groups -OCH3 is 2. The Bertz CT molecular complexity index is 470. The van der Waals surface area contributed by atoms with Crippen molar-refractivity contribution in [2.24, 2.45) is 0 Å². The highest BCUT2D eigenvalue weighted by Crippen LogP contribution is 2.40. The smallest absolute Gasteiger partial charge is 0.339 e. The van der Waals surface area contributed by atoms with Crippen LogP contribution >= 0.6 is 0 Å². The summed E-state index contributed by atoms with van der Waals surface area (Å²) in [5, 5.41) is 9.92. The second kappa shape index (κ2) is 5.90. The van der Waals surface area contributed by atoms with Crippen molar-refractivity contribution in [1.29, 1.82) is 0 Å². The number of aliphatic hydroxyl groups excluding tert-OH is 1. The number of hydrogen-bond donors (Lipinski definition) is 1. The van der Waals surface area contributed by atoms with Crippen LogP contribution in [0.1, 0.15) is 17.2 Å². The summed E-state index contributed by atoms with van der Waals surface area (Å²) < 4.78 is 20.7. The summed E-state index contributed by atoms with van der Waals surface area (Å²) in [6.07, 6.45) is -1.39. The van der Waals surface area contributed by atoms with E-state index in [0.29, 0.717) is 36.9 Å². The van der Waals surface area contributed by atoms with Crippen molar-refractivity contribution < 1.29 is 28.8 Å². The first kappa shape index (κ1) is 13.6. The van der Waals surface area contributed by atoms with Crippen molar-refractivity contribution in [3.8, 4) is 11.5 Å². The number of rotatable bonds is 4. The van der Waals surface area contributed by atoms with Crippen molar-refractivity contribution >= 4 is 5.97 Å². The predicted octanol–water partition coefficient (Wildman–Crippen LogP) is 0.811. The lowest BCUT2D eigenvalue weighted by Crippen LogP contribution is -2.21. The molecule has 1 aliphatic rings. The van der Waals surface area contributed by atoms with Crippen LogP contribution in [0.5, 0.6) is 11.5 Å². The number of benzene rings is 1. The monoisotopic (exact) mass is 268 g/mol. The van der Waals surface area contributed by atoms with E-state index in [0.717, 1.165) is 5.56 Å². The maximum Gasteiger partial charge on any atom is 0.339 e. The largest absolute Gasteiger partial charge is 0.486 e. The lowest BCUT2D eigenvalue weighted by Gasteiger charge is -2.24. The van der Waals surface area contributed by atoms with Crippen LogP contribution < -0.4 is 9.47 Å². The molecule has 0 aromatic heterocycles. The highest BCUT2D eigenvalue weighted by atomic mass is 16.6. The molecule has 6 heteroatoms. The Morgan fingerprint density at radius 2 is 2.00 bits per heavy atom. The van der Waals surface area contributed by atoms with Gasteiger partial charge in [0.05, 0.1) is 13.7 Å². The van der Waals surface area contributed by atoms with E-state index in [9.17, 15) is 9.90 Å². The molecular formula is C13H16O6. The van der Waals surface area contributed by atoms with Gasteiger partial charge in [-0.05, 0) is 0 Å². The van der Waals surface area contributed by atoms with E-state index in [2.05, 4.69) is 4.74 Å². The van der Waals surface area contributed by atoms with Crippen LogP contribution in [-0.2, 0) is 20.9 Å². The Kier molecular flexibility index (Phi) is 4.24. The second-order valence-corrected chi connectivity index (χ2v) is 4.03. The molecule has 6 nitrogen and oxygen atoms in total. The minimum absolute atomic E-state index is 0.335. The van der Waals surface area contributed by atoms with Crippen LogP contribution in [0.3, 0.4) is 0 Å². The average molecular weight is 268 g/mol. The van der Waals surface area contributed by atoms with E-state index in [1.807, 2.05) is 0 Å². The lowest BCUT2D eigenvalue weighted by molar-refractivity contribution is -0.150. The number of esters is 1. The Hall–Kier alpha value is -1.79. The van der Waals surface area contributed by atoms with Crippen molar-refractivity contribution in [2.75, 3.05) is 27.4 Å². The first-order valence-electron chi connectivity index (χ1n) is 5.85. The van der Waals surface area contributed by atoms with Crippen LogP contribution in [-0.4, -0.2) is 38.5 Å². The third-order valence-corrected chi connectivity index (χ3v) is 2.82. The fourth-order valence-electron chi connectivity index (χ4n) is 1.94. The zero-order valence-corrected chi connectivity index (χ0v) is 10.8. The number of carbonyl (C=O) groups excluding carboxylic acids is 1. The molecule has 1 N–H and O–H groups in total. The number of aliphatic hydroxyl groups is 1. The molecule has 104 valence electrons. The fraction of sp³-hybridized carbons (Fsp3) is 0.462. The van der Waals surface area contributed by atoms with E-state index in [1.54, 1.807) is 19.2 Å². The molecule has 0 fully saturated rings. The van der Waals surface area contributed by atoms with Crippen LogP contribution in [0.25, 0.3) is 0 Å². The van der Waals surface area contributed by atoms with Gasteiger partial charge in [0.25, 0.3) is 0 Å². The number of fused-ring (bicyclic) bond motifs is 1. The first-order valence-corrected chi connectivity index (χ1v) is 5.85. The molecule has 1 unspecified atom stereocenters. The third-order valence-electron chi connectivity index (χ3n) is 2.82. The first-order chi connectivity index (χ1) is 9.19. The zero-order chi connectivity index (χ0) is 13.8. The zero-order valence-electron chi connectivity index (χ0n) is 10.8. The van der Waals surface area contributed by atoms with Gasteiger partial charge < -0.3 is 24.1 Å². The van der Waals surface area contributed by atoms with Crippen LogP contribution in [0, 0.1) is 0 Å². The maximum absolute atomic E-state index is 11.4. The van der Waals surface area contributed by atoms with Gasteiger partial charge in [-0.25, -0.2) is 4.79 Å². The fourth-order valence-corrected chi connectivity index (χ4v) is 1.94. The van der Waals surface area contributed by atoms with Gasteiger partial charge in [0.15, 0.2) is 17.6 Å². The van der Waals surface area contributed by atoms with Crippen LogP contribution in [0.2, 0.25) is 0 Å². The van der Waals surface area contributed by atoms with Crippen molar-refractivity contribution in [1.82, 2.24) is 0 Å². The van der Waals surface area contributed by atoms with E-state index < -0.39 is 12.1 Å². The highest BCUT2D eigenvalue weighted by Gasteiger charge is 2.28. The number of ether oxygens (including phenoxy) is 4. The van der Waals surface area contributed by atoms with Gasteiger partial charge in [-0.1, -0.05) is 12.1 Å². The molecule has 1 aromatic rings. The van der Waals surface area contributed by atoms with Gasteiger partial charge >= 0.3 is 5.97 Å². The average Bonchev–Trinajstić information content (AvgIpc) is 2.46. The Morgan fingerprint density at radius 1 is 1.32 bits per heavy atom. The molecule has 0 aliphatic carbocycles. The second-order valence-electron chi connectivity index (χ2n) is 4.03. The maximum atomic E-state index is 11.4. The highest BCUT2D eigenvalue weighted by molar-refractivity contribution is 5.78. The number of hydrogen-bond acceptors (Lipinski definition) is 6. The summed E-state index contributed by atoms with van der Waals surface area (Å²) in [5.41, 5.74) is 1.14.